The second-order valence-electron chi connectivity index (χ2n) is 19.9. The zero-order valence-corrected chi connectivity index (χ0v) is 41.2. The summed E-state index contributed by atoms with van der Waals surface area (Å²) in [5.74, 6) is -4.87. The van der Waals surface area contributed by atoms with Gasteiger partial charge in [-0.05, 0) is 92.6 Å². The number of hydrogen-bond donors (Lipinski definition) is 2. The summed E-state index contributed by atoms with van der Waals surface area (Å²) in [7, 11) is 1.75. The molecule has 396 valence electrons. The Kier molecular flexibility index (Phi) is 14.5. The fraction of sp³-hybridized carbons (Fsp3) is 0.340. The lowest BCUT2D eigenvalue weighted by Crippen LogP contribution is -2.51. The molecule has 0 aromatic heterocycles. The molecular weight excluding hydrogens is 1010 g/mol. The quantitative estimate of drug-likeness (QED) is 0.0715. The van der Waals surface area contributed by atoms with E-state index in [0.29, 0.717) is 35.4 Å². The fourth-order valence-electron chi connectivity index (χ4n) is 9.88. The third-order valence-corrected chi connectivity index (χ3v) is 13.4. The molecule has 4 aromatic carbocycles. The highest BCUT2D eigenvalue weighted by molar-refractivity contribution is 6.08. The number of carbonyl (C=O) groups is 5. The highest BCUT2D eigenvalue weighted by atomic mass is 19.4. The maximum Gasteiger partial charge on any atom is 0.419 e. The number of nitrogens with one attached hydrogen (secondary N) is 2. The molecule has 0 radical (unpaired) electrons. The number of urea groups is 2. The minimum Gasteiger partial charge on any atom is -0.456 e. The van der Waals surface area contributed by atoms with Crippen LogP contribution in [0.4, 0.5) is 56.1 Å². The number of nitrogens with zero attached hydrogens (tertiary/aromatic N) is 7. The molecule has 6 amide bonds. The van der Waals surface area contributed by atoms with E-state index in [1.807, 2.05) is 12.1 Å². The van der Waals surface area contributed by atoms with Gasteiger partial charge in [-0.25, -0.2) is 23.2 Å². The number of rotatable bonds is 14. The molecule has 0 fully saturated rings. The van der Waals surface area contributed by atoms with Gasteiger partial charge in [-0.15, -0.1) is 0 Å². The molecule has 23 heteroatoms. The van der Waals surface area contributed by atoms with E-state index >= 15 is 0 Å². The molecule has 0 bridgehead atoms. The third-order valence-electron chi connectivity index (χ3n) is 13.4. The smallest absolute Gasteiger partial charge is 0.419 e. The highest BCUT2D eigenvalue weighted by Gasteiger charge is 2.48. The van der Waals surface area contributed by atoms with Crippen LogP contribution in [0, 0.1) is 34.3 Å². The minimum atomic E-state index is -5.12. The second-order valence-corrected chi connectivity index (χ2v) is 19.9. The SMILES string of the molecule is CC(C)(C)OC(=O)C[N+](C)(CCCN1CC2=C(C1=O)C(c1ccc(C#N)cc1)NC(=O)N2c1ccc(F)c(C(F)(F)F)c1)CCCN1CC2=C(C1=O)C(c1ccc(C#N)cc1)NC(=O)N2c1ccc(F)c(C(F)(F)F)c1. The average Bonchev–Trinajstić information content (AvgIpc) is 3.86. The molecule has 2 unspecified atom stereocenters. The largest absolute Gasteiger partial charge is 0.456 e. The number of halogens is 8. The number of esters is 1. The Bertz CT molecular complexity index is 2980. The van der Waals surface area contributed by atoms with E-state index in [1.165, 1.54) is 58.3 Å². The molecule has 2 atom stereocenters. The van der Waals surface area contributed by atoms with Gasteiger partial charge in [0.25, 0.3) is 11.8 Å². The van der Waals surface area contributed by atoms with Crippen LogP contribution in [0.1, 0.15) is 79.1 Å². The molecule has 4 heterocycles. The van der Waals surface area contributed by atoms with Gasteiger partial charge in [0, 0.05) is 25.9 Å². The maximum atomic E-state index is 14.5. The third kappa shape index (κ3) is 11.1. The van der Waals surface area contributed by atoms with Crippen molar-refractivity contribution < 1.29 is 68.3 Å². The number of alkyl halides is 6. The molecule has 2 N–H and O–H groups in total. The zero-order chi connectivity index (χ0) is 55.2. The average molecular weight is 1060 g/mol. The first-order chi connectivity index (χ1) is 35.7. The van der Waals surface area contributed by atoms with Crippen LogP contribution in [0.5, 0.6) is 0 Å². The van der Waals surface area contributed by atoms with Crippen LogP contribution in [0.25, 0.3) is 0 Å². The lowest BCUT2D eigenvalue weighted by molar-refractivity contribution is -0.903. The van der Waals surface area contributed by atoms with E-state index in [9.17, 15) is 69.6 Å². The molecule has 0 saturated heterocycles. The number of benzene rings is 4. The molecule has 15 nitrogen and oxygen atoms in total. The summed E-state index contributed by atoms with van der Waals surface area (Å²) in [4.78, 5) is 74.8. The van der Waals surface area contributed by atoms with Gasteiger partial charge >= 0.3 is 30.4 Å². The molecule has 0 spiro atoms. The molecule has 0 aliphatic carbocycles. The fourth-order valence-corrected chi connectivity index (χ4v) is 9.88. The summed E-state index contributed by atoms with van der Waals surface area (Å²) >= 11 is 0. The summed E-state index contributed by atoms with van der Waals surface area (Å²) in [6.45, 7) is 4.74. The summed E-state index contributed by atoms with van der Waals surface area (Å²) < 4.78 is 118. The molecule has 76 heavy (non-hydrogen) atoms. The molecule has 4 aromatic rings. The van der Waals surface area contributed by atoms with E-state index in [1.54, 1.807) is 27.8 Å². The van der Waals surface area contributed by atoms with Crippen LogP contribution in [-0.2, 0) is 31.5 Å². The molecular formula is C53H48F8N9O6+. The number of likely N-dealkylation sites (N-methyl/N-ethyl adjacent to an activating group) is 1. The Labute approximate surface area is 430 Å². The number of amides is 6. The van der Waals surface area contributed by atoms with Crippen LogP contribution < -0.4 is 20.4 Å². The van der Waals surface area contributed by atoms with Crippen molar-refractivity contribution in [3.63, 3.8) is 0 Å². The summed E-state index contributed by atoms with van der Waals surface area (Å²) in [5, 5.41) is 24.2. The van der Waals surface area contributed by atoms with Crippen molar-refractivity contribution in [2.24, 2.45) is 0 Å². The topological polar surface area (TPSA) is 179 Å². The number of nitriles is 2. The summed E-state index contributed by atoms with van der Waals surface area (Å²) in [6, 6.07) is 16.1. The van der Waals surface area contributed by atoms with Gasteiger partial charge in [0.1, 0.15) is 17.2 Å². The number of hydrogen-bond acceptors (Lipinski definition) is 8. The monoisotopic (exact) mass is 1060 g/mol. The first kappa shape index (κ1) is 54.0. The normalized spacial score (nSPS) is 18.8. The van der Waals surface area contributed by atoms with Crippen LogP contribution in [0.15, 0.2) is 107 Å². The van der Waals surface area contributed by atoms with Crippen LogP contribution in [-0.4, -0.2) is 103 Å². The second kappa shape index (κ2) is 20.4. The van der Waals surface area contributed by atoms with Gasteiger partial charge in [0.2, 0.25) is 0 Å². The first-order valence-electron chi connectivity index (χ1n) is 23.7. The van der Waals surface area contributed by atoms with Crippen molar-refractivity contribution in [1.29, 1.82) is 10.5 Å². The predicted molar refractivity (Wildman–Crippen MR) is 256 cm³/mol. The maximum absolute atomic E-state index is 14.5. The Morgan fingerprint density at radius 2 is 1.03 bits per heavy atom. The van der Waals surface area contributed by atoms with Crippen molar-refractivity contribution in [3.05, 3.63) is 152 Å². The lowest BCUT2D eigenvalue weighted by atomic mass is 9.94. The van der Waals surface area contributed by atoms with Gasteiger partial charge in [-0.1, -0.05) is 24.3 Å². The van der Waals surface area contributed by atoms with Gasteiger partial charge in [0.15, 0.2) is 6.54 Å². The minimum absolute atomic E-state index is 0.00161. The van der Waals surface area contributed by atoms with E-state index in [4.69, 9.17) is 4.74 Å². The molecule has 8 rings (SSSR count). The highest BCUT2D eigenvalue weighted by Crippen LogP contribution is 2.43. The standard InChI is InChI=1S/C53H47F8N9O6/c1-51(2,3)76-42(71)29-70(4,21-5-19-66-27-40-43(47(66)72)45(32-11-7-30(25-62)8-12-32)64-49(74)68(40)34-15-17-38(54)36(23-34)52(56,57)58)22-6-20-67-28-41-44(48(67)73)46(33-13-9-31(26-63)10-14-33)65-50(75)69(41)35-16-18-39(55)37(24-35)53(59,60)61/h7-18,23-24,45-46H,5-6,19-22,27-29H2,1-4H3,(H-,64,65,74,75)/p+1. The number of ether oxygens (including phenoxy) is 1. The zero-order valence-electron chi connectivity index (χ0n) is 41.2. The lowest BCUT2D eigenvalue weighted by Gasteiger charge is -2.35. The molecule has 4 aliphatic heterocycles. The predicted octanol–water partition coefficient (Wildman–Crippen LogP) is 8.75. The van der Waals surface area contributed by atoms with Crippen molar-refractivity contribution in [3.8, 4) is 12.1 Å². The number of anilines is 2. The van der Waals surface area contributed by atoms with E-state index in [2.05, 4.69) is 10.6 Å². The number of quaternary nitrogens is 1. The Morgan fingerprint density at radius 1 is 0.645 bits per heavy atom. The van der Waals surface area contributed by atoms with Crippen molar-refractivity contribution in [2.75, 3.05) is 62.7 Å². The van der Waals surface area contributed by atoms with Crippen LogP contribution in [0.2, 0.25) is 0 Å². The Morgan fingerprint density at radius 3 is 1.37 bits per heavy atom. The number of carbonyl (C=O) groups excluding carboxylic acids is 5. The van der Waals surface area contributed by atoms with Gasteiger partial charge in [-0.2, -0.15) is 36.9 Å². The van der Waals surface area contributed by atoms with Crippen molar-refractivity contribution in [1.82, 2.24) is 20.4 Å². The van der Waals surface area contributed by atoms with Gasteiger partial charge in [-0.3, -0.25) is 19.4 Å². The van der Waals surface area contributed by atoms with Crippen LogP contribution in [0.3, 0.4) is 0 Å². The summed E-state index contributed by atoms with van der Waals surface area (Å²) in [5.41, 5.74) is -3.37. The van der Waals surface area contributed by atoms with Crippen LogP contribution >= 0.6 is 0 Å². The van der Waals surface area contributed by atoms with Crippen molar-refractivity contribution in [2.45, 2.75) is 63.7 Å². The summed E-state index contributed by atoms with van der Waals surface area (Å²) in [6.07, 6.45) is -9.84. The van der Waals surface area contributed by atoms with Crippen molar-refractivity contribution >= 4 is 41.2 Å². The molecule has 4 aliphatic rings. The molecule has 0 saturated carbocycles. The van der Waals surface area contributed by atoms with Gasteiger partial charge in [0.05, 0.1) is 114 Å². The van der Waals surface area contributed by atoms with Gasteiger partial charge < -0.3 is 29.7 Å². The van der Waals surface area contributed by atoms with E-state index < -0.39 is 82.6 Å². The van der Waals surface area contributed by atoms with E-state index in [-0.39, 0.29) is 108 Å². The first-order valence-corrected chi connectivity index (χ1v) is 23.7. The Hall–Kier alpha value is -8.31. The van der Waals surface area contributed by atoms with E-state index in [0.717, 1.165) is 21.9 Å². The Balaban J connectivity index is 1.03.